The summed E-state index contributed by atoms with van der Waals surface area (Å²) in [6.45, 7) is 1.90. The summed E-state index contributed by atoms with van der Waals surface area (Å²) in [7, 11) is 0.137. The summed E-state index contributed by atoms with van der Waals surface area (Å²) < 4.78 is 26.8. The maximum atomic E-state index is 12.2. The van der Waals surface area contributed by atoms with Crippen LogP contribution in [0.3, 0.4) is 0 Å². The Bertz CT molecular complexity index is 984. The fourth-order valence-electron chi connectivity index (χ4n) is 2.19. The Balaban J connectivity index is 1.74. The molecule has 2 aromatic heterocycles. The van der Waals surface area contributed by atoms with Gasteiger partial charge in [-0.1, -0.05) is 0 Å². The average Bonchev–Trinajstić information content (AvgIpc) is 3.11. The predicted molar refractivity (Wildman–Crippen MR) is 100 cm³/mol. The number of aryl methyl sites for hydroxylation is 1. The van der Waals surface area contributed by atoms with Gasteiger partial charge in [0, 0.05) is 37.2 Å². The molecule has 10 heteroatoms. The summed E-state index contributed by atoms with van der Waals surface area (Å²) in [6.07, 6.45) is 2.56. The van der Waals surface area contributed by atoms with Crippen LogP contribution in [0.4, 0.5) is 23.1 Å². The Hall–Kier alpha value is -3.14. The van der Waals surface area contributed by atoms with Crippen LogP contribution in [0.1, 0.15) is 5.69 Å². The molecule has 0 spiro atoms. The SMILES string of the molecule is Cc1cc(N(C)C)nc(Nc2ccc(NS(=O)(=O)c3cnc[nH]3)cc2)n1. The number of H-pyrrole nitrogens is 1. The molecule has 3 N–H and O–H groups in total. The Labute approximate surface area is 151 Å². The summed E-state index contributed by atoms with van der Waals surface area (Å²) in [5, 5.41) is 3.12. The van der Waals surface area contributed by atoms with Gasteiger partial charge in [0.15, 0.2) is 5.03 Å². The van der Waals surface area contributed by atoms with Gasteiger partial charge in [-0.25, -0.2) is 9.97 Å². The highest BCUT2D eigenvalue weighted by Crippen LogP contribution is 2.20. The van der Waals surface area contributed by atoms with Gasteiger partial charge in [0.25, 0.3) is 10.0 Å². The molecule has 136 valence electrons. The van der Waals surface area contributed by atoms with Crippen molar-refractivity contribution in [2.24, 2.45) is 0 Å². The van der Waals surface area contributed by atoms with Crippen molar-refractivity contribution in [1.82, 2.24) is 19.9 Å². The molecular weight excluding hydrogens is 354 g/mol. The smallest absolute Gasteiger partial charge is 0.278 e. The first-order valence-corrected chi connectivity index (χ1v) is 9.23. The van der Waals surface area contributed by atoms with Gasteiger partial charge in [-0.05, 0) is 31.2 Å². The van der Waals surface area contributed by atoms with Crippen molar-refractivity contribution < 1.29 is 8.42 Å². The van der Waals surface area contributed by atoms with Gasteiger partial charge in [-0.2, -0.15) is 13.4 Å². The highest BCUT2D eigenvalue weighted by atomic mass is 32.2. The molecule has 0 amide bonds. The third-order valence-corrected chi connectivity index (χ3v) is 4.76. The molecule has 1 aromatic carbocycles. The summed E-state index contributed by atoms with van der Waals surface area (Å²) in [6, 6.07) is 8.67. The van der Waals surface area contributed by atoms with Crippen molar-refractivity contribution in [3.05, 3.63) is 48.5 Å². The molecular formula is C16H19N7O2S. The molecule has 2 heterocycles. The lowest BCUT2D eigenvalue weighted by Crippen LogP contribution is -2.13. The zero-order valence-electron chi connectivity index (χ0n) is 14.6. The minimum Gasteiger partial charge on any atom is -0.363 e. The number of aromatic nitrogens is 4. The third-order valence-electron chi connectivity index (χ3n) is 3.45. The van der Waals surface area contributed by atoms with Crippen LogP contribution in [0.15, 0.2) is 47.9 Å². The number of imidazole rings is 1. The van der Waals surface area contributed by atoms with E-state index in [1.165, 1.54) is 12.5 Å². The van der Waals surface area contributed by atoms with Gasteiger partial charge >= 0.3 is 0 Å². The number of nitrogens with one attached hydrogen (secondary N) is 3. The van der Waals surface area contributed by atoms with Gasteiger partial charge in [-0.15, -0.1) is 0 Å². The first kappa shape index (κ1) is 17.7. The van der Waals surface area contributed by atoms with E-state index in [2.05, 4.69) is 30.0 Å². The summed E-state index contributed by atoms with van der Waals surface area (Å²) in [5.41, 5.74) is 2.02. The molecule has 0 aliphatic carbocycles. The lowest BCUT2D eigenvalue weighted by molar-refractivity contribution is 0.598. The molecule has 0 fully saturated rings. The number of nitrogens with zero attached hydrogens (tertiary/aromatic N) is 4. The van der Waals surface area contributed by atoms with Crippen molar-refractivity contribution in [3.63, 3.8) is 0 Å². The van der Waals surface area contributed by atoms with Gasteiger partial charge in [0.1, 0.15) is 5.82 Å². The van der Waals surface area contributed by atoms with Crippen LogP contribution < -0.4 is 14.9 Å². The number of aromatic amines is 1. The predicted octanol–water partition coefficient (Wildman–Crippen LogP) is 2.12. The van der Waals surface area contributed by atoms with E-state index >= 15 is 0 Å². The number of hydrogen-bond acceptors (Lipinski definition) is 7. The van der Waals surface area contributed by atoms with Crippen molar-refractivity contribution in [2.75, 3.05) is 29.0 Å². The summed E-state index contributed by atoms with van der Waals surface area (Å²) in [5.74, 6) is 1.27. The second-order valence-electron chi connectivity index (χ2n) is 5.81. The standard InChI is InChI=1S/C16H19N7O2S/c1-11-8-14(23(2)3)21-16(19-11)20-12-4-6-13(7-5-12)22-26(24,25)15-9-17-10-18-15/h4-10,22H,1-3H3,(H,17,18)(H,19,20,21). The van der Waals surface area contributed by atoms with Crippen molar-refractivity contribution in [1.29, 1.82) is 0 Å². The number of hydrogen-bond donors (Lipinski definition) is 3. The van der Waals surface area contributed by atoms with E-state index in [1.807, 2.05) is 32.0 Å². The average molecular weight is 373 g/mol. The largest absolute Gasteiger partial charge is 0.363 e. The summed E-state index contributed by atoms with van der Waals surface area (Å²) in [4.78, 5) is 17.0. The lowest BCUT2D eigenvalue weighted by atomic mass is 10.3. The molecule has 0 aliphatic heterocycles. The van der Waals surface area contributed by atoms with Crippen LogP contribution in [0.5, 0.6) is 0 Å². The quantitative estimate of drug-likeness (QED) is 0.606. The molecule has 3 rings (SSSR count). The normalized spacial score (nSPS) is 11.2. The van der Waals surface area contributed by atoms with Gasteiger partial charge < -0.3 is 15.2 Å². The molecule has 9 nitrogen and oxygen atoms in total. The number of anilines is 4. The minimum absolute atomic E-state index is 0.00378. The zero-order valence-corrected chi connectivity index (χ0v) is 15.4. The highest BCUT2D eigenvalue weighted by molar-refractivity contribution is 7.92. The Kier molecular flexibility index (Phi) is 4.76. The van der Waals surface area contributed by atoms with Crippen LogP contribution >= 0.6 is 0 Å². The third kappa shape index (κ3) is 4.09. The van der Waals surface area contributed by atoms with E-state index in [4.69, 9.17) is 0 Å². The molecule has 0 saturated heterocycles. The molecule has 26 heavy (non-hydrogen) atoms. The van der Waals surface area contributed by atoms with Crippen LogP contribution in [0.2, 0.25) is 0 Å². The molecule has 0 aliphatic rings. The zero-order chi connectivity index (χ0) is 18.7. The van der Waals surface area contributed by atoms with Gasteiger partial charge in [0.05, 0.1) is 12.5 Å². The van der Waals surface area contributed by atoms with Crippen molar-refractivity contribution in [2.45, 2.75) is 11.9 Å². The summed E-state index contributed by atoms with van der Waals surface area (Å²) >= 11 is 0. The Morgan fingerprint density at radius 1 is 1.08 bits per heavy atom. The van der Waals surface area contributed by atoms with Crippen molar-refractivity contribution in [3.8, 4) is 0 Å². The van der Waals surface area contributed by atoms with E-state index in [0.717, 1.165) is 17.2 Å². The number of benzene rings is 1. The van der Waals surface area contributed by atoms with Gasteiger partial charge in [-0.3, -0.25) is 4.72 Å². The van der Waals surface area contributed by atoms with Crippen LogP contribution in [-0.2, 0) is 10.0 Å². The van der Waals surface area contributed by atoms with E-state index in [1.54, 1.807) is 24.3 Å². The highest BCUT2D eigenvalue weighted by Gasteiger charge is 2.15. The second kappa shape index (κ2) is 7.00. The van der Waals surface area contributed by atoms with Crippen LogP contribution in [0.25, 0.3) is 0 Å². The maximum Gasteiger partial charge on any atom is 0.278 e. The Morgan fingerprint density at radius 3 is 2.38 bits per heavy atom. The van der Waals surface area contributed by atoms with Gasteiger partial charge in [0.2, 0.25) is 5.95 Å². The first-order valence-electron chi connectivity index (χ1n) is 7.75. The maximum absolute atomic E-state index is 12.2. The molecule has 3 aromatic rings. The lowest BCUT2D eigenvalue weighted by Gasteiger charge is -2.14. The van der Waals surface area contributed by atoms with E-state index < -0.39 is 10.0 Å². The minimum atomic E-state index is -3.68. The van der Waals surface area contributed by atoms with E-state index in [0.29, 0.717) is 11.6 Å². The molecule has 0 atom stereocenters. The molecule has 0 saturated carbocycles. The van der Waals surface area contributed by atoms with E-state index in [9.17, 15) is 8.42 Å². The van der Waals surface area contributed by atoms with Crippen LogP contribution in [-0.4, -0.2) is 42.4 Å². The molecule has 0 unspecified atom stereocenters. The van der Waals surface area contributed by atoms with Crippen LogP contribution in [0, 0.1) is 6.92 Å². The van der Waals surface area contributed by atoms with E-state index in [-0.39, 0.29) is 5.03 Å². The molecule has 0 radical (unpaired) electrons. The second-order valence-corrected chi connectivity index (χ2v) is 7.46. The number of rotatable bonds is 6. The first-order chi connectivity index (χ1) is 12.3. The fourth-order valence-corrected chi connectivity index (χ4v) is 3.15. The number of sulfonamides is 1. The topological polar surface area (TPSA) is 116 Å². The Morgan fingerprint density at radius 2 is 1.77 bits per heavy atom. The molecule has 0 bridgehead atoms. The fraction of sp³-hybridized carbons (Fsp3) is 0.188. The monoisotopic (exact) mass is 373 g/mol. The van der Waals surface area contributed by atoms with Crippen molar-refractivity contribution >= 4 is 33.2 Å².